The number of alkyl halides is 1. The van der Waals surface area contributed by atoms with Gasteiger partial charge in [0.05, 0.1) is 0 Å². The second-order valence-corrected chi connectivity index (χ2v) is 3.05. The molecule has 1 nitrogen and oxygen atoms in total. The van der Waals surface area contributed by atoms with Crippen molar-refractivity contribution in [2.24, 2.45) is 5.92 Å². The molecule has 8 heavy (non-hydrogen) atoms. The zero-order valence-corrected chi connectivity index (χ0v) is 5.74. The Balaban J connectivity index is 2.14. The fourth-order valence-electron chi connectivity index (χ4n) is 0.628. The first-order chi connectivity index (χ1) is 3.70. The maximum absolute atomic E-state index is 10.1. The van der Waals surface area contributed by atoms with E-state index in [0.29, 0.717) is 12.3 Å². The molecule has 0 spiro atoms. The lowest BCUT2D eigenvalue weighted by molar-refractivity contribution is -0.111. The van der Waals surface area contributed by atoms with Crippen molar-refractivity contribution in [3.63, 3.8) is 0 Å². The molecule has 0 radical (unpaired) electrons. The molecule has 0 amide bonds. The van der Waals surface area contributed by atoms with E-state index in [1.165, 1.54) is 0 Å². The first-order valence-electron chi connectivity index (χ1n) is 2.52. The Bertz CT molecular complexity index is 113. The van der Waals surface area contributed by atoms with Crippen molar-refractivity contribution in [2.45, 2.75) is 18.2 Å². The van der Waals surface area contributed by atoms with Crippen LogP contribution in [0.5, 0.6) is 0 Å². The Morgan fingerprint density at radius 2 is 2.25 bits per heavy atom. The molecule has 0 aliphatic heterocycles. The highest BCUT2D eigenvalue weighted by atomic mass is 35.5. The minimum Gasteiger partial charge on any atom is -0.281 e. The summed E-state index contributed by atoms with van der Waals surface area (Å²) in [6.45, 7) is 0. The molecule has 0 N–H and O–H groups in total. The molecular formula is C5H6Cl2O. The summed E-state index contributed by atoms with van der Waals surface area (Å²) in [7, 11) is 0. The summed E-state index contributed by atoms with van der Waals surface area (Å²) >= 11 is 10.7. The van der Waals surface area contributed by atoms with Gasteiger partial charge in [-0.2, -0.15) is 0 Å². The summed E-state index contributed by atoms with van der Waals surface area (Å²) < 4.78 is 0. The third-order valence-corrected chi connectivity index (χ3v) is 1.95. The van der Waals surface area contributed by atoms with Crippen molar-refractivity contribution in [2.75, 3.05) is 0 Å². The highest BCUT2D eigenvalue weighted by molar-refractivity contribution is 6.63. The average molecular weight is 153 g/mol. The molecule has 0 bridgehead atoms. The van der Waals surface area contributed by atoms with Crippen LogP contribution in [0.2, 0.25) is 0 Å². The molecule has 1 rings (SSSR count). The van der Waals surface area contributed by atoms with Crippen LogP contribution < -0.4 is 0 Å². The number of hydrogen-bond acceptors (Lipinski definition) is 1. The molecule has 0 aromatic carbocycles. The molecule has 1 saturated carbocycles. The van der Waals surface area contributed by atoms with Gasteiger partial charge in [0, 0.05) is 11.8 Å². The second kappa shape index (κ2) is 2.24. The van der Waals surface area contributed by atoms with Crippen molar-refractivity contribution in [3.05, 3.63) is 0 Å². The second-order valence-electron chi connectivity index (χ2n) is 2.07. The third kappa shape index (κ3) is 1.64. The van der Waals surface area contributed by atoms with Crippen LogP contribution in [-0.4, -0.2) is 10.6 Å². The van der Waals surface area contributed by atoms with E-state index in [4.69, 9.17) is 23.2 Å². The molecule has 0 saturated heterocycles. The van der Waals surface area contributed by atoms with Crippen LogP contribution >= 0.6 is 23.2 Å². The van der Waals surface area contributed by atoms with Crippen molar-refractivity contribution in [1.82, 2.24) is 0 Å². The van der Waals surface area contributed by atoms with Crippen LogP contribution in [0.1, 0.15) is 12.8 Å². The third-order valence-electron chi connectivity index (χ3n) is 1.26. The highest BCUT2D eigenvalue weighted by Gasteiger charge is 2.36. The van der Waals surface area contributed by atoms with Crippen LogP contribution in [0.3, 0.4) is 0 Å². The van der Waals surface area contributed by atoms with E-state index in [1.807, 2.05) is 0 Å². The van der Waals surface area contributed by atoms with E-state index in [2.05, 4.69) is 0 Å². The standard InChI is InChI=1S/C5H6Cl2O/c6-4-1-3(4)2-5(7)8/h3-4H,1-2H2. The first kappa shape index (κ1) is 6.37. The minimum atomic E-state index is -0.266. The van der Waals surface area contributed by atoms with E-state index in [-0.39, 0.29) is 10.6 Å². The van der Waals surface area contributed by atoms with Gasteiger partial charge in [-0.1, -0.05) is 0 Å². The maximum atomic E-state index is 10.1. The van der Waals surface area contributed by atoms with Crippen molar-refractivity contribution in [1.29, 1.82) is 0 Å². The van der Waals surface area contributed by atoms with Crippen LogP contribution in [0.25, 0.3) is 0 Å². The van der Waals surface area contributed by atoms with Crippen LogP contribution in [0, 0.1) is 5.92 Å². The fraction of sp³-hybridized carbons (Fsp3) is 0.800. The van der Waals surface area contributed by atoms with Gasteiger partial charge in [0.15, 0.2) is 0 Å². The van der Waals surface area contributed by atoms with Crippen LogP contribution in [0.4, 0.5) is 0 Å². The molecule has 0 aromatic heterocycles. The zero-order valence-electron chi connectivity index (χ0n) is 4.23. The first-order valence-corrected chi connectivity index (χ1v) is 3.34. The molecule has 46 valence electrons. The van der Waals surface area contributed by atoms with Gasteiger partial charge in [-0.05, 0) is 23.9 Å². The maximum Gasteiger partial charge on any atom is 0.221 e. The van der Waals surface area contributed by atoms with E-state index in [9.17, 15) is 4.79 Å². The van der Waals surface area contributed by atoms with E-state index in [0.717, 1.165) is 6.42 Å². The fourth-order valence-corrected chi connectivity index (χ4v) is 1.14. The number of carbonyl (C=O) groups excluding carboxylic acids is 1. The predicted octanol–water partition coefficient (Wildman–Crippen LogP) is 1.77. The molecule has 0 heterocycles. The van der Waals surface area contributed by atoms with Crippen molar-refractivity contribution in [3.8, 4) is 0 Å². The summed E-state index contributed by atoms with van der Waals surface area (Å²) in [5.74, 6) is 0.377. The number of carbonyl (C=O) groups is 1. The monoisotopic (exact) mass is 152 g/mol. The van der Waals surface area contributed by atoms with Gasteiger partial charge in [0.2, 0.25) is 5.24 Å². The molecule has 0 aromatic rings. The topological polar surface area (TPSA) is 17.1 Å². The number of rotatable bonds is 2. The SMILES string of the molecule is O=C(Cl)CC1CC1Cl. The average Bonchev–Trinajstić information content (AvgIpc) is 2.17. The quantitative estimate of drug-likeness (QED) is 0.436. The molecule has 1 aliphatic carbocycles. The van der Waals surface area contributed by atoms with Crippen LogP contribution in [0.15, 0.2) is 0 Å². The minimum absolute atomic E-state index is 0.220. The van der Waals surface area contributed by atoms with Gasteiger partial charge >= 0.3 is 0 Å². The zero-order chi connectivity index (χ0) is 6.15. The molecular weight excluding hydrogens is 147 g/mol. The molecule has 1 aliphatic rings. The Kier molecular flexibility index (Phi) is 1.78. The largest absolute Gasteiger partial charge is 0.281 e. The summed E-state index contributed by atoms with van der Waals surface area (Å²) in [5, 5.41) is -0.0455. The smallest absolute Gasteiger partial charge is 0.221 e. The van der Waals surface area contributed by atoms with Gasteiger partial charge in [0.25, 0.3) is 0 Å². The van der Waals surface area contributed by atoms with Gasteiger partial charge in [0.1, 0.15) is 0 Å². The number of halogens is 2. The molecule has 3 heteroatoms. The lowest BCUT2D eigenvalue weighted by Crippen LogP contribution is -1.88. The van der Waals surface area contributed by atoms with E-state index >= 15 is 0 Å². The highest BCUT2D eigenvalue weighted by Crippen LogP contribution is 2.39. The van der Waals surface area contributed by atoms with Crippen molar-refractivity contribution < 1.29 is 4.79 Å². The van der Waals surface area contributed by atoms with Gasteiger partial charge in [-0.25, -0.2) is 0 Å². The van der Waals surface area contributed by atoms with Gasteiger partial charge in [-0.3, -0.25) is 4.79 Å². The normalized spacial score (nSPS) is 34.8. The predicted molar refractivity (Wildman–Crippen MR) is 33.2 cm³/mol. The van der Waals surface area contributed by atoms with Crippen LogP contribution in [-0.2, 0) is 4.79 Å². The Labute approximate surface area is 58.0 Å². The lowest BCUT2D eigenvalue weighted by atomic mass is 10.3. The van der Waals surface area contributed by atoms with Gasteiger partial charge < -0.3 is 0 Å². The molecule has 2 unspecified atom stereocenters. The Morgan fingerprint density at radius 3 is 2.38 bits per heavy atom. The lowest BCUT2D eigenvalue weighted by Gasteiger charge is -1.83. The summed E-state index contributed by atoms with van der Waals surface area (Å²) in [6, 6.07) is 0. The Hall–Kier alpha value is 0.250. The summed E-state index contributed by atoms with van der Waals surface area (Å²) in [4.78, 5) is 10.1. The molecule has 2 atom stereocenters. The summed E-state index contributed by atoms with van der Waals surface area (Å²) in [6.07, 6.45) is 1.41. The van der Waals surface area contributed by atoms with Gasteiger partial charge in [-0.15, -0.1) is 11.6 Å². The Morgan fingerprint density at radius 1 is 1.75 bits per heavy atom. The van der Waals surface area contributed by atoms with Crippen molar-refractivity contribution >= 4 is 28.4 Å². The van der Waals surface area contributed by atoms with E-state index < -0.39 is 0 Å². The molecule has 1 fully saturated rings. The summed E-state index contributed by atoms with van der Waals surface area (Å²) in [5.41, 5.74) is 0. The van der Waals surface area contributed by atoms with E-state index in [1.54, 1.807) is 0 Å². The number of hydrogen-bond donors (Lipinski definition) is 0.